The third-order valence-corrected chi connectivity index (χ3v) is 5.10. The van der Waals surface area contributed by atoms with Gasteiger partial charge in [0, 0.05) is 22.4 Å². The van der Waals surface area contributed by atoms with E-state index in [1.54, 1.807) is 42.5 Å². The minimum absolute atomic E-state index is 0.104. The predicted octanol–water partition coefficient (Wildman–Crippen LogP) is 4.43. The van der Waals surface area contributed by atoms with E-state index in [0.717, 1.165) is 5.39 Å². The van der Waals surface area contributed by atoms with Gasteiger partial charge in [-0.1, -0.05) is 36.4 Å². The summed E-state index contributed by atoms with van der Waals surface area (Å²) in [5.74, 6) is -0.426. The molecule has 0 saturated carbocycles. The van der Waals surface area contributed by atoms with E-state index in [2.05, 4.69) is 20.9 Å². The number of nitrogens with one attached hydrogen (secondary N) is 3. The van der Waals surface area contributed by atoms with Gasteiger partial charge >= 0.3 is 6.03 Å². The summed E-state index contributed by atoms with van der Waals surface area (Å²) in [6.07, 6.45) is 1.33. The zero-order chi connectivity index (χ0) is 23.5. The standard InChI is InChI=1S/C25H19N5O4/c31-21(14-30-15-26-22-19-11-4-5-12-20(19)34-23(22)24(30)32)27-17-9-6-10-18(13-17)29-25(33)28-16-7-2-1-3-8-16/h1-13,15H,14H2,(H,27,31)(H2,28,29,33). The van der Waals surface area contributed by atoms with Gasteiger partial charge in [-0.05, 0) is 42.5 Å². The Morgan fingerprint density at radius 1 is 0.824 bits per heavy atom. The predicted molar refractivity (Wildman–Crippen MR) is 130 cm³/mol. The number of urea groups is 1. The Bertz CT molecular complexity index is 1570. The highest BCUT2D eigenvalue weighted by Gasteiger charge is 2.15. The number of hydrogen-bond acceptors (Lipinski definition) is 5. The van der Waals surface area contributed by atoms with Crippen LogP contribution < -0.4 is 21.5 Å². The lowest BCUT2D eigenvalue weighted by Gasteiger charge is -2.10. The first-order chi connectivity index (χ1) is 16.6. The molecule has 0 saturated heterocycles. The number of benzene rings is 3. The lowest BCUT2D eigenvalue weighted by Crippen LogP contribution is -2.27. The van der Waals surface area contributed by atoms with Crippen molar-refractivity contribution in [1.29, 1.82) is 0 Å². The van der Waals surface area contributed by atoms with Crippen molar-refractivity contribution in [3.63, 3.8) is 0 Å². The van der Waals surface area contributed by atoms with Crippen molar-refractivity contribution in [3.05, 3.63) is 95.5 Å². The topological polar surface area (TPSA) is 118 Å². The van der Waals surface area contributed by atoms with Crippen LogP contribution in [0.15, 0.2) is 94.4 Å². The summed E-state index contributed by atoms with van der Waals surface area (Å²) < 4.78 is 6.84. The van der Waals surface area contributed by atoms with E-state index in [4.69, 9.17) is 4.42 Å². The first-order valence-corrected chi connectivity index (χ1v) is 10.5. The Morgan fingerprint density at radius 3 is 2.32 bits per heavy atom. The molecular weight excluding hydrogens is 434 g/mol. The molecule has 0 aliphatic carbocycles. The van der Waals surface area contributed by atoms with Crippen LogP contribution in [-0.2, 0) is 11.3 Å². The maximum absolute atomic E-state index is 12.8. The Kier molecular flexibility index (Phi) is 5.49. The van der Waals surface area contributed by atoms with Gasteiger partial charge in [0.05, 0.1) is 6.33 Å². The van der Waals surface area contributed by atoms with Crippen LogP contribution in [-0.4, -0.2) is 21.5 Å². The van der Waals surface area contributed by atoms with Crippen molar-refractivity contribution in [1.82, 2.24) is 9.55 Å². The SMILES string of the molecule is O=C(Cn1cnc2c(oc3ccccc32)c1=O)Nc1cccc(NC(=O)Nc2ccccc2)c1. The number of nitrogens with zero attached hydrogens (tertiary/aromatic N) is 2. The van der Waals surface area contributed by atoms with Gasteiger partial charge in [0.15, 0.2) is 0 Å². The highest BCUT2D eigenvalue weighted by atomic mass is 16.3. The number of hydrogen-bond donors (Lipinski definition) is 3. The summed E-state index contributed by atoms with van der Waals surface area (Å²) in [5, 5.41) is 8.91. The van der Waals surface area contributed by atoms with Crippen LogP contribution in [0.1, 0.15) is 0 Å². The smallest absolute Gasteiger partial charge is 0.323 e. The van der Waals surface area contributed by atoms with E-state index in [0.29, 0.717) is 28.2 Å². The van der Waals surface area contributed by atoms with Crippen molar-refractivity contribution in [2.24, 2.45) is 0 Å². The molecule has 9 heteroatoms. The van der Waals surface area contributed by atoms with Gasteiger partial charge < -0.3 is 20.4 Å². The summed E-state index contributed by atoms with van der Waals surface area (Å²) in [7, 11) is 0. The quantitative estimate of drug-likeness (QED) is 0.364. The average molecular weight is 453 g/mol. The molecule has 0 radical (unpaired) electrons. The Hall–Kier alpha value is -4.92. The van der Waals surface area contributed by atoms with Crippen LogP contribution in [0.5, 0.6) is 0 Å². The Labute approximate surface area is 193 Å². The summed E-state index contributed by atoms with van der Waals surface area (Å²) in [5.41, 5.74) is 2.30. The van der Waals surface area contributed by atoms with E-state index in [1.165, 1.54) is 10.9 Å². The number of fused-ring (bicyclic) bond motifs is 3. The first-order valence-electron chi connectivity index (χ1n) is 10.5. The second-order valence-electron chi connectivity index (χ2n) is 7.53. The number of rotatable bonds is 5. The maximum Gasteiger partial charge on any atom is 0.323 e. The number of aromatic nitrogens is 2. The van der Waals surface area contributed by atoms with Gasteiger partial charge in [0.1, 0.15) is 17.6 Å². The maximum atomic E-state index is 12.8. The molecule has 168 valence electrons. The molecule has 0 spiro atoms. The highest BCUT2D eigenvalue weighted by Crippen LogP contribution is 2.24. The molecule has 34 heavy (non-hydrogen) atoms. The van der Waals surface area contributed by atoms with E-state index in [9.17, 15) is 14.4 Å². The van der Waals surface area contributed by atoms with Crippen molar-refractivity contribution >= 4 is 51.1 Å². The van der Waals surface area contributed by atoms with Crippen molar-refractivity contribution in [2.75, 3.05) is 16.0 Å². The summed E-state index contributed by atoms with van der Waals surface area (Å²) >= 11 is 0. The fourth-order valence-electron chi connectivity index (χ4n) is 3.57. The fraction of sp³-hybridized carbons (Fsp3) is 0.0400. The third-order valence-electron chi connectivity index (χ3n) is 5.10. The number of para-hydroxylation sites is 2. The number of carbonyl (C=O) groups excluding carboxylic acids is 2. The molecule has 3 N–H and O–H groups in total. The van der Waals surface area contributed by atoms with Gasteiger partial charge in [-0.25, -0.2) is 9.78 Å². The first kappa shape index (κ1) is 21.0. The zero-order valence-corrected chi connectivity index (χ0v) is 17.8. The minimum atomic E-state index is -0.440. The molecular formula is C25H19N5O4. The minimum Gasteiger partial charge on any atom is -0.448 e. The van der Waals surface area contributed by atoms with Crippen molar-refractivity contribution < 1.29 is 14.0 Å². The lowest BCUT2D eigenvalue weighted by molar-refractivity contribution is -0.116. The van der Waals surface area contributed by atoms with Crippen molar-refractivity contribution in [2.45, 2.75) is 6.54 Å². The second-order valence-corrected chi connectivity index (χ2v) is 7.53. The summed E-state index contributed by atoms with van der Waals surface area (Å²) in [6.45, 7) is -0.245. The van der Waals surface area contributed by atoms with Crippen LogP contribution in [0.3, 0.4) is 0 Å². The molecule has 2 aromatic heterocycles. The van der Waals surface area contributed by atoms with Crippen molar-refractivity contribution in [3.8, 4) is 0 Å². The van der Waals surface area contributed by atoms with Crippen LogP contribution in [0, 0.1) is 0 Å². The van der Waals surface area contributed by atoms with Gasteiger partial charge in [-0.15, -0.1) is 0 Å². The lowest BCUT2D eigenvalue weighted by atomic mass is 10.2. The van der Waals surface area contributed by atoms with Crippen LogP contribution in [0.4, 0.5) is 21.9 Å². The van der Waals surface area contributed by atoms with E-state index in [-0.39, 0.29) is 12.1 Å². The molecule has 9 nitrogen and oxygen atoms in total. The van der Waals surface area contributed by atoms with Gasteiger partial charge in [0.25, 0.3) is 5.56 Å². The van der Waals surface area contributed by atoms with Gasteiger partial charge in [-0.2, -0.15) is 0 Å². The molecule has 0 aliphatic rings. The van der Waals surface area contributed by atoms with Crippen LogP contribution in [0.2, 0.25) is 0 Å². The molecule has 0 atom stereocenters. The number of carbonyl (C=O) groups is 2. The number of furan rings is 1. The van der Waals surface area contributed by atoms with Crippen LogP contribution >= 0.6 is 0 Å². The van der Waals surface area contributed by atoms with Gasteiger partial charge in [0.2, 0.25) is 11.5 Å². The van der Waals surface area contributed by atoms with Crippen LogP contribution in [0.25, 0.3) is 22.1 Å². The molecule has 0 fully saturated rings. The Balaban J connectivity index is 1.27. The molecule has 3 aromatic carbocycles. The highest BCUT2D eigenvalue weighted by molar-refractivity contribution is 6.02. The van der Waals surface area contributed by atoms with E-state index < -0.39 is 17.5 Å². The summed E-state index contributed by atoms with van der Waals surface area (Å²) in [4.78, 5) is 41.9. The molecule has 0 unspecified atom stereocenters. The molecule has 0 bridgehead atoms. The molecule has 2 heterocycles. The Morgan fingerprint density at radius 2 is 1.50 bits per heavy atom. The van der Waals surface area contributed by atoms with Gasteiger partial charge in [-0.3, -0.25) is 14.2 Å². The largest absolute Gasteiger partial charge is 0.448 e. The normalized spacial score (nSPS) is 10.8. The monoisotopic (exact) mass is 453 g/mol. The second kappa shape index (κ2) is 8.91. The zero-order valence-electron chi connectivity index (χ0n) is 17.8. The van der Waals surface area contributed by atoms with E-state index in [1.807, 2.05) is 36.4 Å². The third kappa shape index (κ3) is 4.35. The number of amides is 3. The molecule has 0 aliphatic heterocycles. The average Bonchev–Trinajstić information content (AvgIpc) is 3.21. The molecule has 5 aromatic rings. The fourth-order valence-corrected chi connectivity index (χ4v) is 3.57. The number of anilines is 3. The van der Waals surface area contributed by atoms with E-state index >= 15 is 0 Å². The molecule has 3 amide bonds. The summed E-state index contributed by atoms with van der Waals surface area (Å²) in [6, 6.07) is 22.6. The molecule has 5 rings (SSSR count).